The van der Waals surface area contributed by atoms with E-state index in [-0.39, 0.29) is 0 Å². The summed E-state index contributed by atoms with van der Waals surface area (Å²) < 4.78 is 5.76. The Labute approximate surface area is 179 Å². The first kappa shape index (κ1) is 21.1. The van der Waals surface area contributed by atoms with E-state index in [1.165, 1.54) is 6.21 Å². The Hall–Kier alpha value is -3.64. The Morgan fingerprint density at radius 2 is 1.73 bits per heavy atom. The van der Waals surface area contributed by atoms with Gasteiger partial charge in [0.25, 0.3) is 0 Å². The maximum absolute atomic E-state index is 11.9. The molecule has 0 unspecified atom stereocenters. The van der Waals surface area contributed by atoms with E-state index in [1.54, 1.807) is 36.4 Å². The number of amides is 2. The Kier molecular flexibility index (Phi) is 7.19. The average Bonchev–Trinajstić information content (AvgIpc) is 2.75. The molecule has 7 heteroatoms. The van der Waals surface area contributed by atoms with E-state index in [0.717, 1.165) is 11.1 Å². The number of aryl methyl sites for hydroxylation is 1. The molecular weight excluding hydrogens is 402 g/mol. The lowest BCUT2D eigenvalue weighted by atomic mass is 10.2. The van der Waals surface area contributed by atoms with Gasteiger partial charge in [-0.2, -0.15) is 5.10 Å². The third-order valence-corrected chi connectivity index (χ3v) is 4.32. The van der Waals surface area contributed by atoms with Crippen LogP contribution in [0.3, 0.4) is 0 Å². The molecule has 2 amide bonds. The molecule has 0 fully saturated rings. The molecule has 0 saturated carbocycles. The monoisotopic (exact) mass is 421 g/mol. The standard InChI is InChI=1S/C23H20ClN3O3/c1-16-5-11-20(12-6-16)26-22(28)23(29)27-25-14-18-3-2-4-21(13-18)30-15-17-7-9-19(24)10-8-17/h2-14H,15H2,1H3,(H,26,28)(H,27,29)/b25-14-. The summed E-state index contributed by atoms with van der Waals surface area (Å²) in [6.45, 7) is 2.33. The van der Waals surface area contributed by atoms with Crippen molar-refractivity contribution in [1.82, 2.24) is 5.43 Å². The second-order valence-electron chi connectivity index (χ2n) is 6.51. The lowest BCUT2D eigenvalue weighted by Crippen LogP contribution is -2.32. The van der Waals surface area contributed by atoms with E-state index >= 15 is 0 Å². The molecule has 152 valence electrons. The topological polar surface area (TPSA) is 79.8 Å². The summed E-state index contributed by atoms with van der Waals surface area (Å²) in [5.41, 5.74) is 5.51. The van der Waals surface area contributed by atoms with Gasteiger partial charge in [0.1, 0.15) is 12.4 Å². The highest BCUT2D eigenvalue weighted by molar-refractivity contribution is 6.39. The first-order valence-corrected chi connectivity index (χ1v) is 9.56. The summed E-state index contributed by atoms with van der Waals surface area (Å²) in [5, 5.41) is 7.01. The van der Waals surface area contributed by atoms with Gasteiger partial charge in [0, 0.05) is 10.7 Å². The summed E-state index contributed by atoms with van der Waals surface area (Å²) in [4.78, 5) is 23.8. The predicted molar refractivity (Wildman–Crippen MR) is 118 cm³/mol. The number of hydrazone groups is 1. The van der Waals surface area contributed by atoms with Crippen molar-refractivity contribution in [3.8, 4) is 5.75 Å². The fourth-order valence-electron chi connectivity index (χ4n) is 2.47. The number of nitrogens with one attached hydrogen (secondary N) is 2. The van der Waals surface area contributed by atoms with E-state index < -0.39 is 11.8 Å². The van der Waals surface area contributed by atoms with Crippen LogP contribution in [0.1, 0.15) is 16.7 Å². The van der Waals surface area contributed by atoms with Crippen LogP contribution >= 0.6 is 11.6 Å². The fourth-order valence-corrected chi connectivity index (χ4v) is 2.60. The molecule has 3 aromatic rings. The molecule has 3 aromatic carbocycles. The van der Waals surface area contributed by atoms with Crippen molar-refractivity contribution in [2.45, 2.75) is 13.5 Å². The number of carbonyl (C=O) groups is 2. The van der Waals surface area contributed by atoms with Crippen molar-refractivity contribution in [2.24, 2.45) is 5.10 Å². The maximum atomic E-state index is 11.9. The summed E-state index contributed by atoms with van der Waals surface area (Å²) in [5.74, 6) is -1.00. The number of hydrogen-bond acceptors (Lipinski definition) is 4. The van der Waals surface area contributed by atoms with E-state index in [2.05, 4.69) is 15.8 Å². The molecule has 0 aliphatic carbocycles. The minimum absolute atomic E-state index is 0.397. The van der Waals surface area contributed by atoms with Gasteiger partial charge in [0.2, 0.25) is 0 Å². The normalized spacial score (nSPS) is 10.6. The number of anilines is 1. The van der Waals surface area contributed by atoms with Crippen LogP contribution in [0.4, 0.5) is 5.69 Å². The molecule has 0 aromatic heterocycles. The molecule has 0 aliphatic heterocycles. The molecule has 6 nitrogen and oxygen atoms in total. The van der Waals surface area contributed by atoms with Crippen molar-refractivity contribution < 1.29 is 14.3 Å². The lowest BCUT2D eigenvalue weighted by Gasteiger charge is -2.07. The molecule has 0 saturated heterocycles. The highest BCUT2D eigenvalue weighted by Crippen LogP contribution is 2.16. The summed E-state index contributed by atoms with van der Waals surface area (Å²) >= 11 is 5.88. The molecule has 0 heterocycles. The van der Waals surface area contributed by atoms with E-state index in [0.29, 0.717) is 28.6 Å². The van der Waals surface area contributed by atoms with Crippen LogP contribution in [-0.2, 0) is 16.2 Å². The van der Waals surface area contributed by atoms with E-state index in [1.807, 2.05) is 43.3 Å². The highest BCUT2D eigenvalue weighted by Gasteiger charge is 2.12. The SMILES string of the molecule is Cc1ccc(NC(=O)C(=O)N/N=C\c2cccc(OCc3ccc(Cl)cc3)c2)cc1. The largest absolute Gasteiger partial charge is 0.489 e. The van der Waals surface area contributed by atoms with E-state index in [4.69, 9.17) is 16.3 Å². The molecule has 0 radical (unpaired) electrons. The van der Waals surface area contributed by atoms with Crippen molar-refractivity contribution >= 4 is 35.3 Å². The predicted octanol–water partition coefficient (Wildman–Crippen LogP) is 4.32. The Morgan fingerprint density at radius 3 is 2.47 bits per heavy atom. The van der Waals surface area contributed by atoms with Crippen LogP contribution in [-0.4, -0.2) is 18.0 Å². The molecule has 0 bridgehead atoms. The third kappa shape index (κ3) is 6.46. The Balaban J connectivity index is 1.51. The van der Waals surface area contributed by atoms with E-state index in [9.17, 15) is 9.59 Å². The average molecular weight is 422 g/mol. The van der Waals surface area contributed by atoms with Gasteiger partial charge >= 0.3 is 11.8 Å². The van der Waals surface area contributed by atoms with Crippen LogP contribution in [0.2, 0.25) is 5.02 Å². The summed E-state index contributed by atoms with van der Waals surface area (Å²) in [6.07, 6.45) is 1.44. The zero-order valence-electron chi connectivity index (χ0n) is 16.3. The minimum atomic E-state index is -0.859. The molecular formula is C23H20ClN3O3. The number of ether oxygens (including phenoxy) is 1. The number of rotatable bonds is 6. The second kappa shape index (κ2) is 10.2. The number of halogens is 1. The van der Waals surface area contributed by atoms with Gasteiger partial charge in [-0.3, -0.25) is 9.59 Å². The van der Waals surface area contributed by atoms with Gasteiger partial charge in [-0.15, -0.1) is 0 Å². The van der Waals surface area contributed by atoms with Gasteiger partial charge in [-0.1, -0.05) is 53.6 Å². The molecule has 3 rings (SSSR count). The van der Waals surface area contributed by atoms with Crippen LogP contribution in [0, 0.1) is 6.92 Å². The Morgan fingerprint density at radius 1 is 1.00 bits per heavy atom. The number of benzene rings is 3. The lowest BCUT2D eigenvalue weighted by molar-refractivity contribution is -0.136. The first-order chi connectivity index (χ1) is 14.5. The minimum Gasteiger partial charge on any atom is -0.489 e. The molecule has 0 atom stereocenters. The van der Waals surface area contributed by atoms with Gasteiger partial charge in [-0.25, -0.2) is 5.43 Å². The number of nitrogens with zero attached hydrogens (tertiary/aromatic N) is 1. The van der Waals surface area contributed by atoms with Gasteiger partial charge in [-0.05, 0) is 54.4 Å². The molecule has 2 N–H and O–H groups in total. The second-order valence-corrected chi connectivity index (χ2v) is 6.94. The molecule has 0 spiro atoms. The van der Waals surface area contributed by atoms with Crippen molar-refractivity contribution in [3.63, 3.8) is 0 Å². The van der Waals surface area contributed by atoms with Gasteiger partial charge in [0.05, 0.1) is 6.21 Å². The number of hydrogen-bond donors (Lipinski definition) is 2. The maximum Gasteiger partial charge on any atom is 0.329 e. The molecule has 0 aliphatic rings. The highest BCUT2D eigenvalue weighted by atomic mass is 35.5. The van der Waals surface area contributed by atoms with Crippen LogP contribution in [0.25, 0.3) is 0 Å². The first-order valence-electron chi connectivity index (χ1n) is 9.18. The third-order valence-electron chi connectivity index (χ3n) is 4.07. The van der Waals surface area contributed by atoms with Crippen LogP contribution < -0.4 is 15.5 Å². The number of carbonyl (C=O) groups excluding carboxylic acids is 2. The fraction of sp³-hybridized carbons (Fsp3) is 0.0870. The van der Waals surface area contributed by atoms with Crippen LogP contribution in [0.15, 0.2) is 77.9 Å². The molecule has 30 heavy (non-hydrogen) atoms. The summed E-state index contributed by atoms with van der Waals surface area (Å²) in [6, 6.07) is 21.7. The zero-order chi connectivity index (χ0) is 21.3. The van der Waals surface area contributed by atoms with Crippen LogP contribution in [0.5, 0.6) is 5.75 Å². The van der Waals surface area contributed by atoms with Gasteiger partial charge in [0.15, 0.2) is 0 Å². The Bertz CT molecular complexity index is 1050. The van der Waals surface area contributed by atoms with Crippen molar-refractivity contribution in [2.75, 3.05) is 5.32 Å². The van der Waals surface area contributed by atoms with Crippen molar-refractivity contribution in [3.05, 3.63) is 94.5 Å². The summed E-state index contributed by atoms with van der Waals surface area (Å²) in [7, 11) is 0. The quantitative estimate of drug-likeness (QED) is 0.353. The smallest absolute Gasteiger partial charge is 0.329 e. The zero-order valence-corrected chi connectivity index (χ0v) is 17.0. The van der Waals surface area contributed by atoms with Gasteiger partial charge < -0.3 is 10.1 Å². The van der Waals surface area contributed by atoms with Crippen molar-refractivity contribution in [1.29, 1.82) is 0 Å².